The summed E-state index contributed by atoms with van der Waals surface area (Å²) in [5.74, 6) is -32.7. The van der Waals surface area contributed by atoms with Crippen LogP contribution in [0, 0.1) is 0 Å². The largest absolute Gasteiger partial charge is 0.510 e. The molecule has 0 radical (unpaired) electrons. The Morgan fingerprint density at radius 1 is 0.183 bits per heavy atom. The zero-order valence-electron chi connectivity index (χ0n) is 61.8. The first-order valence-electron chi connectivity index (χ1n) is 32.9. The van der Waals surface area contributed by atoms with E-state index in [1.54, 1.807) is 0 Å². The second kappa shape index (κ2) is 49.4. The predicted molar refractivity (Wildman–Crippen MR) is 344 cm³/mol. The van der Waals surface area contributed by atoms with Crippen molar-refractivity contribution in [1.29, 1.82) is 0 Å². The van der Waals surface area contributed by atoms with Crippen molar-refractivity contribution in [3.05, 3.63) is 0 Å². The van der Waals surface area contributed by atoms with E-state index in [4.69, 9.17) is 94.7 Å². The minimum atomic E-state index is -7.42. The fourth-order valence-electron chi connectivity index (χ4n) is 13.9. The average molecular weight is 1730 g/mol. The number of hydrogen-bond acceptors (Lipinski definition) is 58. The van der Waals surface area contributed by atoms with Crippen molar-refractivity contribution in [1.82, 2.24) is 0 Å². The molecule has 0 aliphatic heterocycles. The molecule has 0 amide bonds. The fourth-order valence-corrected chi connectivity index (χ4v) is 13.9. The van der Waals surface area contributed by atoms with Crippen molar-refractivity contribution < 1.29 is 288 Å². The van der Waals surface area contributed by atoms with Gasteiger partial charge in [0.05, 0.1) is 166 Å². The monoisotopic (exact) mass is 1730 g/mol. The smallest absolute Gasteiger partial charge is 0.438 e. The highest BCUT2D eigenvalue weighted by Crippen LogP contribution is 2.74. The van der Waals surface area contributed by atoms with E-state index >= 15 is 4.79 Å². The molecule has 690 valence electrons. The third-order valence-corrected chi connectivity index (χ3v) is 19.3. The van der Waals surface area contributed by atoms with E-state index in [1.807, 2.05) is 0 Å². The minimum Gasteiger partial charge on any atom is -0.438 e. The van der Waals surface area contributed by atoms with Crippen LogP contribution in [-0.4, -0.2) is 551 Å². The van der Waals surface area contributed by atoms with Crippen LogP contribution in [0.3, 0.4) is 0 Å². The van der Waals surface area contributed by atoms with E-state index in [2.05, 4.69) is 0 Å². The van der Waals surface area contributed by atoms with Gasteiger partial charge in [0.25, 0.3) is 5.79 Å². The van der Waals surface area contributed by atoms with Crippen molar-refractivity contribution in [2.45, 2.75) is 102 Å². The number of ether oxygens (including phenoxy) is 20. The molecule has 58 heteroatoms. The van der Waals surface area contributed by atoms with Crippen LogP contribution in [0.2, 0.25) is 0 Å². The highest BCUT2D eigenvalue weighted by Gasteiger charge is 3.03. The summed E-state index contributed by atoms with van der Waals surface area (Å²) < 4.78 is 119. The van der Waals surface area contributed by atoms with Crippen LogP contribution in [0.1, 0.15) is 0 Å². The van der Waals surface area contributed by atoms with Crippen molar-refractivity contribution >= 4 is 6.16 Å². The molecule has 0 spiro atoms. The average Bonchev–Trinajstić information content (AvgIpc) is 0.616. The molecule has 37 N–H and O–H groups in total. The van der Waals surface area contributed by atoms with Crippen LogP contribution in [0.5, 0.6) is 0 Å². The molecular weight excluding hydrogens is 1610 g/mol. The molecule has 0 aromatic rings. The zero-order chi connectivity index (χ0) is 88.9. The summed E-state index contributed by atoms with van der Waals surface area (Å²) in [6, 6.07) is 0. The molecule has 0 saturated heterocycles. The summed E-state index contributed by atoms with van der Waals surface area (Å²) in [5, 5.41) is 456. The van der Waals surface area contributed by atoms with E-state index in [0.717, 1.165) is 0 Å². The van der Waals surface area contributed by atoms with Gasteiger partial charge in [0.2, 0.25) is 40.1 Å². The Morgan fingerprint density at radius 2 is 0.365 bits per heavy atom. The molecule has 58 nitrogen and oxygen atoms in total. The number of aliphatic hydroxyl groups is 37. The van der Waals surface area contributed by atoms with Gasteiger partial charge in [0.1, 0.15) is 88.3 Å². The van der Waals surface area contributed by atoms with Gasteiger partial charge in [-0.25, -0.2) is 4.79 Å². The van der Waals surface area contributed by atoms with E-state index < -0.39 is 355 Å². The highest BCUT2D eigenvalue weighted by molar-refractivity contribution is 5.62. The second-order valence-corrected chi connectivity index (χ2v) is 24.0. The second-order valence-electron chi connectivity index (χ2n) is 24.0. The summed E-state index contributed by atoms with van der Waals surface area (Å²) >= 11 is 0. The molecule has 0 aliphatic rings. The Kier molecular flexibility index (Phi) is 48.1. The lowest BCUT2D eigenvalue weighted by molar-refractivity contribution is -0.611. The molecular formula is C57H114O58. The number of carbonyl (C=O) groups is 1. The molecule has 2 unspecified atom stereocenters. The molecule has 0 rings (SSSR count). The Morgan fingerprint density at radius 3 is 0.565 bits per heavy atom. The van der Waals surface area contributed by atoms with Gasteiger partial charge in [-0.1, -0.05) is 0 Å². The third-order valence-electron chi connectivity index (χ3n) is 19.3. The standard InChI is InChI=1S/C57H114O58/c1-96-39(95)110-57(54(44(10-66,11-67)101-30-86,45(12-68,13-69)102-31-87)112-49(20-76,21-77)106-35-91,115-56(46(14-70,15-71)103-32-88,47(16-72,17-73)104-33-89)114-51(24-80,25-81)108-37-93)55(113-50(22-78,23-79)107-36-92,52(109-38-94,40(2-58,3-59)97-26-82)41(4-60,5-61)98-27-83)53(42(6-62,7-63)99-28-84,43(8-64,9-65)100-29-85)111-48(18-74,19-75)105-34-90/h58-94H,2-38H2,1H3. The number of hydrogen-bond donors (Lipinski definition) is 37. The highest BCUT2D eigenvalue weighted by atomic mass is 16.9. The quantitative estimate of drug-likeness (QED) is 0.0199. The predicted octanol–water partition coefficient (Wildman–Crippen LogP) is -23.7. The van der Waals surface area contributed by atoms with E-state index in [9.17, 15) is 189 Å². The van der Waals surface area contributed by atoms with Crippen LogP contribution >= 0.6 is 0 Å². The SMILES string of the molecule is COC(=O)OC(OC(OC(CO)(CO)OCO)(C(CO)(CO)OCO)C(CO)(CO)OCO)(C(OC(CO)(CO)OCO)(C(CO)(CO)OCO)C(CO)(CO)OCO)C(OC(CO)(CO)OCO)(C(OCO)(C(CO)(CO)OCO)C(CO)(CO)OCO)C(OC(CO)(CO)OCO)(C(CO)(CO)OCO)C(CO)(CO)OCO. The molecule has 0 heterocycles. The molecule has 0 bridgehead atoms. The van der Waals surface area contributed by atoms with E-state index in [-0.39, 0.29) is 7.11 Å². The van der Waals surface area contributed by atoms with Crippen molar-refractivity contribution in [2.24, 2.45) is 0 Å². The summed E-state index contributed by atoms with van der Waals surface area (Å²) in [7, 11) is -0.0750. The van der Waals surface area contributed by atoms with Crippen molar-refractivity contribution in [3.8, 4) is 0 Å². The van der Waals surface area contributed by atoms with Crippen LogP contribution in [0.15, 0.2) is 0 Å². The lowest BCUT2D eigenvalue weighted by atomic mass is 9.43. The Labute approximate surface area is 649 Å². The number of methoxy groups -OCH3 is 1. The first kappa shape index (κ1) is 112. The summed E-state index contributed by atoms with van der Waals surface area (Å²) in [5.41, 5.74) is -69.3. The van der Waals surface area contributed by atoms with Crippen LogP contribution in [-0.2, 0) is 94.7 Å². The van der Waals surface area contributed by atoms with Crippen LogP contribution in [0.4, 0.5) is 4.79 Å². The Hall–Kier alpha value is -2.93. The summed E-state index contributed by atoms with van der Waals surface area (Å²) in [6.07, 6.45) is -3.45. The minimum absolute atomic E-state index is 0.0750. The van der Waals surface area contributed by atoms with Gasteiger partial charge in [-0.3, -0.25) is 4.74 Å². The molecule has 2 atom stereocenters. The summed E-state index contributed by atoms with van der Waals surface area (Å²) in [6.45, 7) is -105. The summed E-state index contributed by atoms with van der Waals surface area (Å²) in [4.78, 5) is 16.8. The van der Waals surface area contributed by atoms with Gasteiger partial charge < -0.3 is 279 Å². The number of carbonyl (C=O) groups excluding carboxylic acids is 1. The van der Waals surface area contributed by atoms with Crippen LogP contribution in [0.25, 0.3) is 0 Å². The number of rotatable bonds is 73. The normalized spacial score (nSPS) is 15.4. The van der Waals surface area contributed by atoms with Gasteiger partial charge in [-0.05, 0) is 0 Å². The van der Waals surface area contributed by atoms with Crippen molar-refractivity contribution in [3.63, 3.8) is 0 Å². The first-order chi connectivity index (χ1) is 54.7. The first-order valence-corrected chi connectivity index (χ1v) is 32.9. The lowest BCUT2D eigenvalue weighted by Crippen LogP contribution is -3.06. The molecule has 0 aromatic heterocycles. The Balaban J connectivity index is 17.5. The third kappa shape index (κ3) is 18.7. The van der Waals surface area contributed by atoms with Gasteiger partial charge >= 0.3 is 6.16 Å². The molecule has 115 heavy (non-hydrogen) atoms. The topological polar surface area (TPSA) is 950 Å². The van der Waals surface area contributed by atoms with Crippen LogP contribution < -0.4 is 0 Å². The molecule has 0 aliphatic carbocycles. The molecule has 0 aromatic carbocycles. The maximum Gasteiger partial charge on any atom is 0.510 e. The zero-order valence-corrected chi connectivity index (χ0v) is 61.8. The van der Waals surface area contributed by atoms with Gasteiger partial charge in [-0.2, -0.15) is 0 Å². The Bertz CT molecular complexity index is 2480. The van der Waals surface area contributed by atoms with E-state index in [0.29, 0.717) is 0 Å². The maximum atomic E-state index is 16.8. The van der Waals surface area contributed by atoms with Gasteiger partial charge in [0.15, 0.2) is 56.0 Å². The van der Waals surface area contributed by atoms with Gasteiger partial charge in [-0.15, -0.1) is 0 Å². The fraction of sp³-hybridized carbons (Fsp3) is 0.982. The van der Waals surface area contributed by atoms with Crippen molar-refractivity contribution in [2.75, 3.05) is 254 Å². The van der Waals surface area contributed by atoms with Gasteiger partial charge in [0, 0.05) is 0 Å². The van der Waals surface area contributed by atoms with E-state index in [1.165, 1.54) is 0 Å². The number of aliphatic hydroxyl groups excluding tert-OH is 37. The molecule has 0 fully saturated rings. The lowest BCUT2D eigenvalue weighted by Gasteiger charge is -2.79. The maximum absolute atomic E-state index is 16.8. The molecule has 0 saturated carbocycles.